The molecule has 1 unspecified atom stereocenters. The summed E-state index contributed by atoms with van der Waals surface area (Å²) in [6.45, 7) is 4.61. The first-order chi connectivity index (χ1) is 10.5. The zero-order chi connectivity index (χ0) is 15.9. The number of nitrogens with zero attached hydrogens (tertiary/aromatic N) is 2. The highest BCUT2D eigenvalue weighted by Gasteiger charge is 2.12. The zero-order valence-corrected chi connectivity index (χ0v) is 13.1. The molecule has 0 spiro atoms. The maximum atomic E-state index is 12.0. The van der Waals surface area contributed by atoms with Gasteiger partial charge in [-0.1, -0.05) is 0 Å². The third-order valence-corrected chi connectivity index (χ3v) is 3.05. The first-order valence-electron chi connectivity index (χ1n) is 7.15. The summed E-state index contributed by atoms with van der Waals surface area (Å²) >= 11 is 0. The van der Waals surface area contributed by atoms with Crippen molar-refractivity contribution in [3.05, 3.63) is 48.2 Å². The van der Waals surface area contributed by atoms with E-state index < -0.39 is 0 Å². The lowest BCUT2D eigenvalue weighted by Crippen LogP contribution is -2.41. The molecule has 6 nitrogen and oxygen atoms in total. The summed E-state index contributed by atoms with van der Waals surface area (Å²) in [6, 6.07) is 7.21. The Bertz CT molecular complexity index is 598. The van der Waals surface area contributed by atoms with Crippen molar-refractivity contribution in [2.75, 3.05) is 13.6 Å². The number of hydrogen-bond donors (Lipinski definition) is 1. The number of carbonyl (C=O) groups excluding carboxylic acids is 1. The largest absolute Gasteiger partial charge is 0.487 e. The van der Waals surface area contributed by atoms with Gasteiger partial charge in [0.15, 0.2) is 0 Å². The van der Waals surface area contributed by atoms with E-state index in [2.05, 4.69) is 10.3 Å². The number of carbonyl (C=O) groups is 1. The molecule has 0 aliphatic heterocycles. The van der Waals surface area contributed by atoms with Gasteiger partial charge in [-0.25, -0.2) is 4.79 Å². The second-order valence-electron chi connectivity index (χ2n) is 5.17. The van der Waals surface area contributed by atoms with Crippen LogP contribution in [-0.2, 0) is 6.54 Å². The number of urea groups is 1. The molecule has 0 saturated heterocycles. The third kappa shape index (κ3) is 4.80. The van der Waals surface area contributed by atoms with E-state index in [1.54, 1.807) is 30.4 Å². The number of hydrogen-bond acceptors (Lipinski definition) is 4. The summed E-state index contributed by atoms with van der Waals surface area (Å²) in [5.41, 5.74) is 0. The average Bonchev–Trinajstić information content (AvgIpc) is 2.91. The molecule has 2 aromatic heterocycles. The lowest BCUT2D eigenvalue weighted by atomic mass is 10.4. The highest BCUT2D eigenvalue weighted by Crippen LogP contribution is 2.10. The SMILES string of the molecule is Cc1ccc(CN(C)C(=O)NCC(C)Oc2cccnc2)o1. The minimum Gasteiger partial charge on any atom is -0.487 e. The van der Waals surface area contributed by atoms with Crippen molar-refractivity contribution in [3.8, 4) is 5.75 Å². The topological polar surface area (TPSA) is 67.6 Å². The average molecular weight is 303 g/mol. The number of amides is 2. The number of nitrogens with one attached hydrogen (secondary N) is 1. The van der Waals surface area contributed by atoms with E-state index in [0.717, 1.165) is 11.5 Å². The maximum absolute atomic E-state index is 12.0. The monoisotopic (exact) mass is 303 g/mol. The van der Waals surface area contributed by atoms with E-state index in [1.165, 1.54) is 0 Å². The van der Waals surface area contributed by atoms with Crippen LogP contribution in [0, 0.1) is 6.92 Å². The molecule has 0 radical (unpaired) electrons. The van der Waals surface area contributed by atoms with Gasteiger partial charge in [0.1, 0.15) is 23.4 Å². The van der Waals surface area contributed by atoms with Crippen molar-refractivity contribution in [3.63, 3.8) is 0 Å². The Kier molecular flexibility index (Phi) is 5.41. The highest BCUT2D eigenvalue weighted by atomic mass is 16.5. The molecule has 2 heterocycles. The van der Waals surface area contributed by atoms with Crippen LogP contribution in [0.5, 0.6) is 5.75 Å². The molecular weight excluding hydrogens is 282 g/mol. The predicted molar refractivity (Wildman–Crippen MR) is 82.6 cm³/mol. The van der Waals surface area contributed by atoms with Gasteiger partial charge in [-0.2, -0.15) is 0 Å². The van der Waals surface area contributed by atoms with Gasteiger partial charge in [-0.3, -0.25) is 4.98 Å². The minimum absolute atomic E-state index is 0.146. The number of furan rings is 1. The van der Waals surface area contributed by atoms with Crippen LogP contribution in [-0.4, -0.2) is 35.6 Å². The number of ether oxygens (including phenoxy) is 1. The molecule has 0 fully saturated rings. The Hall–Kier alpha value is -2.50. The van der Waals surface area contributed by atoms with Crippen molar-refractivity contribution in [1.29, 1.82) is 0 Å². The normalized spacial score (nSPS) is 11.8. The van der Waals surface area contributed by atoms with Crippen molar-refractivity contribution >= 4 is 6.03 Å². The summed E-state index contributed by atoms with van der Waals surface area (Å²) in [5.74, 6) is 2.28. The summed E-state index contributed by atoms with van der Waals surface area (Å²) in [6.07, 6.45) is 3.18. The molecule has 0 saturated carbocycles. The third-order valence-electron chi connectivity index (χ3n) is 3.05. The Morgan fingerprint density at radius 3 is 2.91 bits per heavy atom. The molecule has 118 valence electrons. The summed E-state index contributed by atoms with van der Waals surface area (Å²) < 4.78 is 11.1. The van der Waals surface area contributed by atoms with Gasteiger partial charge >= 0.3 is 6.03 Å². The molecule has 0 aliphatic carbocycles. The molecule has 0 aliphatic rings. The molecule has 0 aromatic carbocycles. The van der Waals surface area contributed by atoms with Crippen LogP contribution >= 0.6 is 0 Å². The van der Waals surface area contributed by atoms with Crippen LogP contribution in [0.15, 0.2) is 41.1 Å². The molecule has 6 heteroatoms. The smallest absolute Gasteiger partial charge is 0.317 e. The summed E-state index contributed by atoms with van der Waals surface area (Å²) in [4.78, 5) is 17.6. The fourth-order valence-electron chi connectivity index (χ4n) is 1.93. The molecular formula is C16H21N3O3. The second kappa shape index (κ2) is 7.49. The number of aryl methyl sites for hydroxylation is 1. The second-order valence-corrected chi connectivity index (χ2v) is 5.17. The fraction of sp³-hybridized carbons (Fsp3) is 0.375. The van der Waals surface area contributed by atoms with Crippen molar-refractivity contribution in [1.82, 2.24) is 15.2 Å². The van der Waals surface area contributed by atoms with E-state index in [-0.39, 0.29) is 12.1 Å². The summed E-state index contributed by atoms with van der Waals surface area (Å²) in [7, 11) is 1.72. The number of aromatic nitrogens is 1. The van der Waals surface area contributed by atoms with Crippen LogP contribution in [0.1, 0.15) is 18.4 Å². The zero-order valence-electron chi connectivity index (χ0n) is 13.1. The van der Waals surface area contributed by atoms with Crippen molar-refractivity contribution in [2.24, 2.45) is 0 Å². The fourth-order valence-corrected chi connectivity index (χ4v) is 1.93. The van der Waals surface area contributed by atoms with Gasteiger partial charge in [0.25, 0.3) is 0 Å². The van der Waals surface area contributed by atoms with Gasteiger partial charge in [0.05, 0.1) is 19.3 Å². The Morgan fingerprint density at radius 1 is 1.45 bits per heavy atom. The molecule has 1 N–H and O–H groups in total. The lowest BCUT2D eigenvalue weighted by Gasteiger charge is -2.19. The molecule has 22 heavy (non-hydrogen) atoms. The van der Waals surface area contributed by atoms with Crippen LogP contribution in [0.2, 0.25) is 0 Å². The van der Waals surface area contributed by atoms with E-state index in [0.29, 0.717) is 18.8 Å². The van der Waals surface area contributed by atoms with E-state index in [9.17, 15) is 4.79 Å². The Balaban J connectivity index is 1.74. The number of pyridine rings is 1. The minimum atomic E-state index is -0.171. The first kappa shape index (κ1) is 15.9. The first-order valence-corrected chi connectivity index (χ1v) is 7.15. The quantitative estimate of drug-likeness (QED) is 0.890. The molecule has 2 aromatic rings. The van der Waals surface area contributed by atoms with Gasteiger partial charge in [-0.05, 0) is 38.1 Å². The van der Waals surface area contributed by atoms with Crippen LogP contribution in [0.25, 0.3) is 0 Å². The Morgan fingerprint density at radius 2 is 2.27 bits per heavy atom. The van der Waals surface area contributed by atoms with Crippen molar-refractivity contribution in [2.45, 2.75) is 26.5 Å². The Labute approximate surface area is 130 Å². The van der Waals surface area contributed by atoms with Gasteiger partial charge < -0.3 is 19.4 Å². The predicted octanol–water partition coefficient (Wildman–Crippen LogP) is 2.59. The van der Waals surface area contributed by atoms with Gasteiger partial charge in [0.2, 0.25) is 0 Å². The molecule has 0 bridgehead atoms. The van der Waals surface area contributed by atoms with Crippen LogP contribution in [0.4, 0.5) is 4.79 Å². The standard InChI is InChI=1S/C16H21N3O3/c1-12-6-7-15(21-12)11-19(3)16(20)18-9-13(2)22-14-5-4-8-17-10-14/h4-8,10,13H,9,11H2,1-3H3,(H,18,20). The molecule has 1 atom stereocenters. The van der Waals surface area contributed by atoms with E-state index >= 15 is 0 Å². The van der Waals surface area contributed by atoms with Crippen LogP contribution < -0.4 is 10.1 Å². The van der Waals surface area contributed by atoms with E-state index in [1.807, 2.05) is 32.0 Å². The van der Waals surface area contributed by atoms with Crippen molar-refractivity contribution < 1.29 is 13.9 Å². The molecule has 2 rings (SSSR count). The number of rotatable bonds is 6. The molecule has 2 amide bonds. The van der Waals surface area contributed by atoms with E-state index in [4.69, 9.17) is 9.15 Å². The van der Waals surface area contributed by atoms with Gasteiger partial charge in [-0.15, -0.1) is 0 Å². The van der Waals surface area contributed by atoms with Crippen LogP contribution in [0.3, 0.4) is 0 Å². The maximum Gasteiger partial charge on any atom is 0.317 e. The summed E-state index contributed by atoms with van der Waals surface area (Å²) in [5, 5.41) is 2.83. The highest BCUT2D eigenvalue weighted by molar-refractivity contribution is 5.73. The lowest BCUT2D eigenvalue weighted by molar-refractivity contribution is 0.185. The van der Waals surface area contributed by atoms with Gasteiger partial charge in [0, 0.05) is 13.2 Å².